The summed E-state index contributed by atoms with van der Waals surface area (Å²) in [6, 6.07) is 0.371. The van der Waals surface area contributed by atoms with Crippen LogP contribution in [0.3, 0.4) is 0 Å². The molecule has 0 aromatic heterocycles. The highest BCUT2D eigenvalue weighted by Gasteiger charge is 2.27. The summed E-state index contributed by atoms with van der Waals surface area (Å²) in [5.41, 5.74) is -0.775. The van der Waals surface area contributed by atoms with Gasteiger partial charge in [-0.15, -0.1) is 0 Å². The first-order valence-corrected chi connectivity index (χ1v) is 7.82. The Morgan fingerprint density at radius 3 is 2.30 bits per heavy atom. The molecule has 0 saturated heterocycles. The van der Waals surface area contributed by atoms with Crippen LogP contribution >= 0.6 is 0 Å². The van der Waals surface area contributed by atoms with E-state index in [-0.39, 0.29) is 6.54 Å². The van der Waals surface area contributed by atoms with Gasteiger partial charge >= 0.3 is 6.09 Å². The van der Waals surface area contributed by atoms with Crippen LogP contribution in [0.15, 0.2) is 0 Å². The van der Waals surface area contributed by atoms with Crippen molar-refractivity contribution in [3.05, 3.63) is 0 Å². The lowest BCUT2D eigenvalue weighted by Crippen LogP contribution is -2.51. The van der Waals surface area contributed by atoms with Crippen molar-refractivity contribution in [2.45, 2.75) is 32.4 Å². The Morgan fingerprint density at radius 1 is 1.35 bits per heavy atom. The first-order valence-electron chi connectivity index (χ1n) is 5.76. The fraction of sp³-hybridized carbons (Fsp3) is 0.727. The molecule has 0 heterocycles. The van der Waals surface area contributed by atoms with Gasteiger partial charge in [0.05, 0.1) is 11.8 Å². The number of rotatable bonds is 5. The quantitative estimate of drug-likeness (QED) is 0.663. The molecular formula is C11H19N3O5S. The Hall–Kier alpha value is -1.82. The van der Waals surface area contributed by atoms with Gasteiger partial charge in [0, 0.05) is 6.26 Å². The molecule has 0 rings (SSSR count). The van der Waals surface area contributed by atoms with Crippen molar-refractivity contribution in [3.8, 4) is 6.07 Å². The number of nitrogens with one attached hydrogen (secondary N) is 2. The zero-order chi connectivity index (χ0) is 16.0. The SMILES string of the molecule is CC(C)(C)OC(=O)NC(CS(C)(=O)=O)C(=O)NCC#N. The van der Waals surface area contributed by atoms with Crippen molar-refractivity contribution in [2.24, 2.45) is 0 Å². The van der Waals surface area contributed by atoms with Crippen LogP contribution in [0.2, 0.25) is 0 Å². The van der Waals surface area contributed by atoms with Crippen molar-refractivity contribution >= 4 is 21.8 Å². The highest BCUT2D eigenvalue weighted by Crippen LogP contribution is 2.07. The molecule has 0 aliphatic heterocycles. The number of nitriles is 1. The third-order valence-electron chi connectivity index (χ3n) is 1.82. The van der Waals surface area contributed by atoms with Crippen molar-refractivity contribution in [1.29, 1.82) is 5.26 Å². The van der Waals surface area contributed by atoms with Gasteiger partial charge in [0.25, 0.3) is 0 Å². The second-order valence-corrected chi connectivity index (χ2v) is 7.35. The third-order valence-corrected chi connectivity index (χ3v) is 2.76. The number of alkyl carbamates (subject to hydrolysis) is 1. The average molecular weight is 305 g/mol. The number of sulfone groups is 1. The summed E-state index contributed by atoms with van der Waals surface area (Å²) in [6.07, 6.45) is 0.0344. The lowest BCUT2D eigenvalue weighted by molar-refractivity contribution is -0.122. The Kier molecular flexibility index (Phi) is 6.45. The first-order chi connectivity index (χ1) is 8.94. The minimum Gasteiger partial charge on any atom is -0.444 e. The van der Waals surface area contributed by atoms with E-state index in [9.17, 15) is 18.0 Å². The molecule has 0 aromatic rings. The van der Waals surface area contributed by atoms with Gasteiger partial charge in [-0.1, -0.05) is 0 Å². The molecule has 8 nitrogen and oxygen atoms in total. The number of hydrogen-bond donors (Lipinski definition) is 2. The van der Waals surface area contributed by atoms with E-state index in [1.54, 1.807) is 26.8 Å². The summed E-state index contributed by atoms with van der Waals surface area (Å²) in [4.78, 5) is 23.2. The average Bonchev–Trinajstić information content (AvgIpc) is 2.20. The zero-order valence-electron chi connectivity index (χ0n) is 11.9. The maximum absolute atomic E-state index is 11.7. The van der Waals surface area contributed by atoms with E-state index in [1.165, 1.54) is 0 Å². The van der Waals surface area contributed by atoms with Gasteiger partial charge < -0.3 is 15.4 Å². The topological polar surface area (TPSA) is 125 Å². The van der Waals surface area contributed by atoms with Gasteiger partial charge in [0.1, 0.15) is 28.0 Å². The van der Waals surface area contributed by atoms with Crippen LogP contribution in [-0.2, 0) is 19.4 Å². The molecular weight excluding hydrogens is 286 g/mol. The van der Waals surface area contributed by atoms with E-state index in [1.807, 2.05) is 0 Å². The molecule has 1 unspecified atom stereocenters. The molecule has 0 fully saturated rings. The van der Waals surface area contributed by atoms with Crippen LogP contribution in [0, 0.1) is 11.3 Å². The maximum atomic E-state index is 11.7. The molecule has 2 amide bonds. The summed E-state index contributed by atoms with van der Waals surface area (Å²) in [7, 11) is -3.50. The van der Waals surface area contributed by atoms with E-state index in [2.05, 4.69) is 10.6 Å². The molecule has 1 atom stereocenters. The van der Waals surface area contributed by atoms with Crippen molar-refractivity contribution in [2.75, 3.05) is 18.6 Å². The van der Waals surface area contributed by atoms with Crippen LogP contribution in [0.25, 0.3) is 0 Å². The number of nitrogens with zero attached hydrogens (tertiary/aromatic N) is 1. The van der Waals surface area contributed by atoms with Crippen LogP contribution < -0.4 is 10.6 Å². The third kappa shape index (κ3) is 9.16. The Labute approximate surface area is 118 Å². The van der Waals surface area contributed by atoms with Gasteiger partial charge in [0.2, 0.25) is 5.91 Å². The lowest BCUT2D eigenvalue weighted by atomic mass is 10.2. The predicted molar refractivity (Wildman–Crippen MR) is 71.5 cm³/mol. The lowest BCUT2D eigenvalue weighted by Gasteiger charge is -2.22. The summed E-state index contributed by atoms with van der Waals surface area (Å²) >= 11 is 0. The molecule has 0 radical (unpaired) electrons. The largest absolute Gasteiger partial charge is 0.444 e. The van der Waals surface area contributed by atoms with Crippen molar-refractivity contribution < 1.29 is 22.7 Å². The Balaban J connectivity index is 4.82. The normalized spacial score (nSPS) is 12.9. The molecule has 114 valence electrons. The molecule has 0 spiro atoms. The van der Waals surface area contributed by atoms with Crippen LogP contribution in [0.4, 0.5) is 4.79 Å². The Morgan fingerprint density at radius 2 is 1.90 bits per heavy atom. The van der Waals surface area contributed by atoms with E-state index in [4.69, 9.17) is 10.00 Å². The summed E-state index contributed by atoms with van der Waals surface area (Å²) in [5, 5.41) is 12.7. The van der Waals surface area contributed by atoms with Gasteiger partial charge in [-0.3, -0.25) is 4.79 Å². The smallest absolute Gasteiger partial charge is 0.408 e. The van der Waals surface area contributed by atoms with E-state index in [0.29, 0.717) is 0 Å². The van der Waals surface area contributed by atoms with Crippen LogP contribution in [-0.4, -0.2) is 50.6 Å². The number of hydrogen-bond acceptors (Lipinski definition) is 6. The number of carbonyl (C=O) groups excluding carboxylic acids is 2. The fourth-order valence-electron chi connectivity index (χ4n) is 1.19. The molecule has 0 saturated carbocycles. The number of carbonyl (C=O) groups is 2. The highest BCUT2D eigenvalue weighted by molar-refractivity contribution is 7.90. The molecule has 0 bridgehead atoms. The minimum atomic E-state index is -3.50. The van der Waals surface area contributed by atoms with Gasteiger partial charge in [-0.25, -0.2) is 13.2 Å². The standard InChI is InChI=1S/C11H19N3O5S/c1-11(2,3)19-10(16)14-8(7-20(4,17)18)9(15)13-6-5-12/h8H,6-7H2,1-4H3,(H,13,15)(H,14,16). The molecule has 2 N–H and O–H groups in total. The molecule has 0 aliphatic rings. The van der Waals surface area contributed by atoms with Crippen molar-refractivity contribution in [1.82, 2.24) is 10.6 Å². The summed E-state index contributed by atoms with van der Waals surface area (Å²) < 4.78 is 27.4. The van der Waals surface area contributed by atoms with Crippen molar-refractivity contribution in [3.63, 3.8) is 0 Å². The maximum Gasteiger partial charge on any atom is 0.408 e. The van der Waals surface area contributed by atoms with Crippen LogP contribution in [0.1, 0.15) is 20.8 Å². The minimum absolute atomic E-state index is 0.283. The second-order valence-electron chi connectivity index (χ2n) is 5.17. The molecule has 20 heavy (non-hydrogen) atoms. The highest BCUT2D eigenvalue weighted by atomic mass is 32.2. The molecule has 0 aromatic carbocycles. The van der Waals surface area contributed by atoms with Crippen LogP contribution in [0.5, 0.6) is 0 Å². The van der Waals surface area contributed by atoms with Gasteiger partial charge in [-0.05, 0) is 20.8 Å². The first kappa shape index (κ1) is 18.2. The predicted octanol–water partition coefficient (Wildman–Crippen LogP) is -0.436. The zero-order valence-corrected chi connectivity index (χ0v) is 12.7. The summed E-state index contributed by atoms with van der Waals surface area (Å²) in [6.45, 7) is 4.62. The van der Waals surface area contributed by atoms with E-state index < -0.39 is 39.2 Å². The number of amides is 2. The Bertz CT molecular complexity index is 501. The monoisotopic (exact) mass is 305 g/mol. The van der Waals surface area contributed by atoms with Gasteiger partial charge in [0.15, 0.2) is 0 Å². The fourth-order valence-corrected chi connectivity index (χ4v) is 2.03. The molecule has 0 aliphatic carbocycles. The summed E-state index contributed by atoms with van der Waals surface area (Å²) in [5.74, 6) is -1.34. The number of ether oxygens (including phenoxy) is 1. The van der Waals surface area contributed by atoms with E-state index >= 15 is 0 Å². The van der Waals surface area contributed by atoms with Gasteiger partial charge in [-0.2, -0.15) is 5.26 Å². The molecule has 9 heteroatoms. The van der Waals surface area contributed by atoms with E-state index in [0.717, 1.165) is 6.26 Å². The second kappa shape index (κ2) is 7.09.